The SMILES string of the molecule is CNc1cc2c(nn1)CCN(C(=O)c1ccc(Cn3ccnc3)cc1)C2. The van der Waals surface area contributed by atoms with Crippen LogP contribution in [0, 0.1) is 0 Å². The van der Waals surface area contributed by atoms with Crippen LogP contribution in [-0.4, -0.2) is 44.1 Å². The van der Waals surface area contributed by atoms with Crippen LogP contribution in [0.1, 0.15) is 27.2 Å². The van der Waals surface area contributed by atoms with E-state index in [0.717, 1.165) is 35.6 Å². The summed E-state index contributed by atoms with van der Waals surface area (Å²) in [6, 6.07) is 9.75. The van der Waals surface area contributed by atoms with Crippen LogP contribution < -0.4 is 5.32 Å². The van der Waals surface area contributed by atoms with Crippen LogP contribution >= 0.6 is 0 Å². The van der Waals surface area contributed by atoms with E-state index >= 15 is 0 Å². The summed E-state index contributed by atoms with van der Waals surface area (Å²) in [5.41, 5.74) is 3.88. The minimum atomic E-state index is 0.0488. The summed E-state index contributed by atoms with van der Waals surface area (Å²) in [6.07, 6.45) is 6.20. The van der Waals surface area contributed by atoms with Crippen molar-refractivity contribution < 1.29 is 4.79 Å². The summed E-state index contributed by atoms with van der Waals surface area (Å²) < 4.78 is 2.00. The van der Waals surface area contributed by atoms with Crippen molar-refractivity contribution in [1.82, 2.24) is 24.6 Å². The van der Waals surface area contributed by atoms with Gasteiger partial charge in [-0.15, -0.1) is 5.10 Å². The van der Waals surface area contributed by atoms with E-state index in [2.05, 4.69) is 20.5 Å². The summed E-state index contributed by atoms with van der Waals surface area (Å²) in [7, 11) is 1.81. The van der Waals surface area contributed by atoms with Gasteiger partial charge in [0.15, 0.2) is 0 Å². The molecule has 1 aliphatic heterocycles. The minimum Gasteiger partial charge on any atom is -0.372 e. The number of amides is 1. The van der Waals surface area contributed by atoms with Crippen molar-refractivity contribution in [3.8, 4) is 0 Å². The number of nitrogens with one attached hydrogen (secondary N) is 1. The molecule has 0 saturated heterocycles. The molecular formula is C19H20N6O. The maximum Gasteiger partial charge on any atom is 0.254 e. The molecule has 0 aliphatic carbocycles. The predicted octanol–water partition coefficient (Wildman–Crippen LogP) is 1.96. The van der Waals surface area contributed by atoms with Gasteiger partial charge in [-0.3, -0.25) is 4.79 Å². The second-order valence-electron chi connectivity index (χ2n) is 6.36. The molecule has 1 aliphatic rings. The van der Waals surface area contributed by atoms with Gasteiger partial charge in [-0.1, -0.05) is 12.1 Å². The standard InChI is InChI=1S/C19H20N6O/c1-20-18-10-16-12-25(8-6-17(16)22-23-18)19(26)15-4-2-14(3-5-15)11-24-9-7-21-13-24/h2-5,7,9-10,13H,6,8,11-12H2,1H3,(H,20,23). The third-order valence-corrected chi connectivity index (χ3v) is 4.61. The van der Waals surface area contributed by atoms with Crippen LogP contribution in [0.25, 0.3) is 0 Å². The van der Waals surface area contributed by atoms with Crippen LogP contribution in [0.5, 0.6) is 0 Å². The van der Waals surface area contributed by atoms with Crippen molar-refractivity contribution in [3.63, 3.8) is 0 Å². The van der Waals surface area contributed by atoms with E-state index in [1.807, 2.05) is 53.0 Å². The highest BCUT2D eigenvalue weighted by Crippen LogP contribution is 2.20. The van der Waals surface area contributed by atoms with Crippen LogP contribution in [0.15, 0.2) is 49.1 Å². The van der Waals surface area contributed by atoms with Crippen molar-refractivity contribution in [2.75, 3.05) is 18.9 Å². The summed E-state index contributed by atoms with van der Waals surface area (Å²) in [6.45, 7) is 1.97. The van der Waals surface area contributed by atoms with E-state index in [9.17, 15) is 4.79 Å². The lowest BCUT2D eigenvalue weighted by Crippen LogP contribution is -2.36. The van der Waals surface area contributed by atoms with Gasteiger partial charge in [0.05, 0.1) is 12.0 Å². The normalized spacial score (nSPS) is 13.3. The number of imidazole rings is 1. The van der Waals surface area contributed by atoms with Crippen LogP contribution in [0.3, 0.4) is 0 Å². The molecule has 0 unspecified atom stereocenters. The predicted molar refractivity (Wildman–Crippen MR) is 97.8 cm³/mol. The zero-order valence-corrected chi connectivity index (χ0v) is 14.6. The van der Waals surface area contributed by atoms with Gasteiger partial charge in [-0.2, -0.15) is 5.10 Å². The Bertz CT molecular complexity index is 904. The second-order valence-corrected chi connectivity index (χ2v) is 6.36. The molecule has 26 heavy (non-hydrogen) atoms. The zero-order valence-electron chi connectivity index (χ0n) is 14.6. The Morgan fingerprint density at radius 1 is 1.23 bits per heavy atom. The third kappa shape index (κ3) is 3.28. The molecule has 3 heterocycles. The number of fused-ring (bicyclic) bond motifs is 1. The van der Waals surface area contributed by atoms with Crippen LogP contribution in [-0.2, 0) is 19.5 Å². The van der Waals surface area contributed by atoms with Crippen molar-refractivity contribution in [3.05, 3.63) is 71.4 Å². The number of aromatic nitrogens is 4. The highest BCUT2D eigenvalue weighted by molar-refractivity contribution is 5.94. The molecule has 0 radical (unpaired) electrons. The van der Waals surface area contributed by atoms with Gasteiger partial charge < -0.3 is 14.8 Å². The molecule has 132 valence electrons. The van der Waals surface area contributed by atoms with E-state index in [1.54, 1.807) is 12.5 Å². The molecule has 0 bridgehead atoms. The number of anilines is 1. The number of benzene rings is 1. The number of rotatable bonds is 4. The number of nitrogens with zero attached hydrogens (tertiary/aromatic N) is 5. The highest BCUT2D eigenvalue weighted by atomic mass is 16.2. The second kappa shape index (κ2) is 6.95. The number of hydrogen-bond donors (Lipinski definition) is 1. The molecule has 7 nitrogen and oxygen atoms in total. The highest BCUT2D eigenvalue weighted by Gasteiger charge is 2.23. The lowest BCUT2D eigenvalue weighted by molar-refractivity contribution is 0.0733. The molecule has 1 N–H and O–H groups in total. The molecule has 2 aromatic heterocycles. The molecule has 7 heteroatoms. The van der Waals surface area contributed by atoms with Gasteiger partial charge in [0, 0.05) is 51.1 Å². The van der Waals surface area contributed by atoms with Gasteiger partial charge in [0.2, 0.25) is 0 Å². The van der Waals surface area contributed by atoms with Crippen molar-refractivity contribution in [2.24, 2.45) is 0 Å². The topological polar surface area (TPSA) is 75.9 Å². The molecule has 0 saturated carbocycles. The van der Waals surface area contributed by atoms with E-state index < -0.39 is 0 Å². The monoisotopic (exact) mass is 348 g/mol. The molecule has 1 amide bonds. The fraction of sp³-hybridized carbons (Fsp3) is 0.263. The Morgan fingerprint density at radius 3 is 2.81 bits per heavy atom. The fourth-order valence-electron chi connectivity index (χ4n) is 3.15. The van der Waals surface area contributed by atoms with E-state index in [-0.39, 0.29) is 5.91 Å². The van der Waals surface area contributed by atoms with Crippen LogP contribution in [0.2, 0.25) is 0 Å². The van der Waals surface area contributed by atoms with Gasteiger partial charge >= 0.3 is 0 Å². The summed E-state index contributed by atoms with van der Waals surface area (Å²) in [4.78, 5) is 18.8. The van der Waals surface area contributed by atoms with Crippen LogP contribution in [0.4, 0.5) is 5.82 Å². The Morgan fingerprint density at radius 2 is 2.08 bits per heavy atom. The first-order chi connectivity index (χ1) is 12.7. The largest absolute Gasteiger partial charge is 0.372 e. The average molecular weight is 348 g/mol. The van der Waals surface area contributed by atoms with E-state index in [4.69, 9.17) is 0 Å². The molecule has 0 fully saturated rings. The lowest BCUT2D eigenvalue weighted by atomic mass is 10.0. The number of hydrogen-bond acceptors (Lipinski definition) is 5. The average Bonchev–Trinajstić information content (AvgIpc) is 3.20. The molecule has 0 spiro atoms. The van der Waals surface area contributed by atoms with E-state index in [1.165, 1.54) is 0 Å². The maximum atomic E-state index is 12.9. The summed E-state index contributed by atoms with van der Waals surface area (Å²) in [5, 5.41) is 11.3. The van der Waals surface area contributed by atoms with Gasteiger partial charge in [0.25, 0.3) is 5.91 Å². The van der Waals surface area contributed by atoms with Crippen molar-refractivity contribution in [2.45, 2.75) is 19.5 Å². The minimum absolute atomic E-state index is 0.0488. The smallest absolute Gasteiger partial charge is 0.254 e. The Hall–Kier alpha value is -3.22. The first-order valence-electron chi connectivity index (χ1n) is 8.60. The maximum absolute atomic E-state index is 12.9. The Balaban J connectivity index is 1.47. The molecule has 4 rings (SSSR count). The van der Waals surface area contributed by atoms with Crippen molar-refractivity contribution in [1.29, 1.82) is 0 Å². The Labute approximate surface area is 151 Å². The van der Waals surface area contributed by atoms with Gasteiger partial charge in [0.1, 0.15) is 5.82 Å². The first-order valence-corrected chi connectivity index (χ1v) is 8.60. The zero-order chi connectivity index (χ0) is 17.9. The summed E-state index contributed by atoms with van der Waals surface area (Å²) in [5.74, 6) is 0.773. The van der Waals surface area contributed by atoms with Gasteiger partial charge in [-0.05, 0) is 29.3 Å². The number of carbonyl (C=O) groups is 1. The molecule has 1 aromatic carbocycles. The molecule has 3 aromatic rings. The summed E-state index contributed by atoms with van der Waals surface area (Å²) >= 11 is 0. The third-order valence-electron chi connectivity index (χ3n) is 4.61. The van der Waals surface area contributed by atoms with E-state index in [0.29, 0.717) is 18.7 Å². The van der Waals surface area contributed by atoms with Gasteiger partial charge in [-0.25, -0.2) is 4.98 Å². The lowest BCUT2D eigenvalue weighted by Gasteiger charge is -2.28. The number of carbonyl (C=O) groups excluding carboxylic acids is 1. The molecule has 0 atom stereocenters. The Kier molecular flexibility index (Phi) is 4.35. The molecular weight excluding hydrogens is 328 g/mol. The first kappa shape index (κ1) is 16.3. The van der Waals surface area contributed by atoms with Crippen molar-refractivity contribution >= 4 is 11.7 Å². The quantitative estimate of drug-likeness (QED) is 0.780. The fourth-order valence-corrected chi connectivity index (χ4v) is 3.15.